The van der Waals surface area contributed by atoms with Crippen LogP contribution in [0.25, 0.3) is 0 Å². The summed E-state index contributed by atoms with van der Waals surface area (Å²) in [7, 11) is 1.64. The number of nitrogens with zero attached hydrogens (tertiary/aromatic N) is 2. The van der Waals surface area contributed by atoms with Crippen molar-refractivity contribution in [2.24, 2.45) is 5.16 Å². The first-order valence-electron chi connectivity index (χ1n) is 10.6. The van der Waals surface area contributed by atoms with E-state index in [0.717, 1.165) is 61.5 Å². The van der Waals surface area contributed by atoms with E-state index in [4.69, 9.17) is 14.3 Å². The minimum Gasteiger partial charge on any atom is -0.493 e. The van der Waals surface area contributed by atoms with Crippen molar-refractivity contribution in [3.63, 3.8) is 0 Å². The smallest absolute Gasteiger partial charge is 0.162 e. The summed E-state index contributed by atoms with van der Waals surface area (Å²) in [5.41, 5.74) is 1.62. The molecule has 1 aliphatic carbocycles. The van der Waals surface area contributed by atoms with Crippen molar-refractivity contribution in [3.05, 3.63) is 23.8 Å². The summed E-state index contributed by atoms with van der Waals surface area (Å²) in [6, 6.07) is 5.76. The lowest BCUT2D eigenvalue weighted by Gasteiger charge is -2.30. The summed E-state index contributed by atoms with van der Waals surface area (Å²) in [4.78, 5) is 7.54. The fourth-order valence-electron chi connectivity index (χ4n) is 3.91. The average molecular weight is 407 g/mol. The molecule has 0 amide bonds. The molecular formula is C22H34N2O5. The van der Waals surface area contributed by atoms with Crippen LogP contribution in [0.5, 0.6) is 11.5 Å². The Morgan fingerprint density at radius 2 is 1.90 bits per heavy atom. The molecular weight excluding hydrogens is 372 g/mol. The number of rotatable bonds is 9. The molecule has 1 aliphatic heterocycles. The van der Waals surface area contributed by atoms with Crippen molar-refractivity contribution in [1.82, 2.24) is 4.90 Å². The fourth-order valence-corrected chi connectivity index (χ4v) is 3.91. The van der Waals surface area contributed by atoms with Crippen LogP contribution in [0.3, 0.4) is 0 Å². The summed E-state index contributed by atoms with van der Waals surface area (Å²) < 4.78 is 11.6. The molecule has 2 aliphatic rings. The number of aliphatic hydroxyl groups excluding tert-OH is 2. The molecule has 7 heteroatoms. The molecule has 1 unspecified atom stereocenters. The number of likely N-dealkylation sites (tertiary alicyclic amines) is 1. The molecule has 3 rings (SSSR count). The van der Waals surface area contributed by atoms with E-state index in [1.807, 2.05) is 25.1 Å². The maximum atomic E-state index is 10.2. The monoisotopic (exact) mass is 406 g/mol. The van der Waals surface area contributed by atoms with Gasteiger partial charge in [-0.2, -0.15) is 0 Å². The van der Waals surface area contributed by atoms with E-state index in [9.17, 15) is 10.2 Å². The van der Waals surface area contributed by atoms with Crippen molar-refractivity contribution < 1.29 is 24.5 Å². The summed E-state index contributed by atoms with van der Waals surface area (Å²) in [5.74, 6) is 1.45. The molecule has 1 aromatic rings. The van der Waals surface area contributed by atoms with E-state index >= 15 is 0 Å². The highest BCUT2D eigenvalue weighted by Crippen LogP contribution is 2.32. The summed E-state index contributed by atoms with van der Waals surface area (Å²) in [5, 5.41) is 23.9. The van der Waals surface area contributed by atoms with E-state index < -0.39 is 6.10 Å². The third-order valence-corrected chi connectivity index (χ3v) is 5.67. The number of β-amino-alcohol motifs (C(OH)–C–C–N with tert-alkyl or cyclic N) is 1. The molecule has 0 radical (unpaired) electrons. The van der Waals surface area contributed by atoms with Gasteiger partial charge in [0.25, 0.3) is 0 Å². The van der Waals surface area contributed by atoms with Crippen LogP contribution in [0.2, 0.25) is 0 Å². The van der Waals surface area contributed by atoms with Gasteiger partial charge in [-0.3, -0.25) is 0 Å². The number of hydrogen-bond acceptors (Lipinski definition) is 7. The minimum absolute atomic E-state index is 0.137. The maximum Gasteiger partial charge on any atom is 0.162 e. The third kappa shape index (κ3) is 6.59. The van der Waals surface area contributed by atoms with Gasteiger partial charge >= 0.3 is 0 Å². The highest BCUT2D eigenvalue weighted by molar-refractivity contribution is 5.98. The molecule has 2 N–H and O–H groups in total. The molecule has 29 heavy (non-hydrogen) atoms. The Morgan fingerprint density at radius 1 is 1.17 bits per heavy atom. The maximum absolute atomic E-state index is 10.2. The fraction of sp³-hybridized carbons (Fsp3) is 0.682. The van der Waals surface area contributed by atoms with Crippen LogP contribution in [0.4, 0.5) is 0 Å². The van der Waals surface area contributed by atoms with Gasteiger partial charge in [-0.15, -0.1) is 0 Å². The van der Waals surface area contributed by atoms with E-state index in [2.05, 4.69) is 10.1 Å². The Morgan fingerprint density at radius 3 is 2.59 bits per heavy atom. The lowest BCUT2D eigenvalue weighted by Crippen LogP contribution is -2.41. The second kappa shape index (κ2) is 10.8. The third-order valence-electron chi connectivity index (χ3n) is 5.67. The number of hydrogen-bond donors (Lipinski definition) is 2. The van der Waals surface area contributed by atoms with Crippen LogP contribution in [-0.4, -0.2) is 72.5 Å². The van der Waals surface area contributed by atoms with E-state index in [1.54, 1.807) is 7.11 Å². The minimum atomic E-state index is -0.612. The lowest BCUT2D eigenvalue weighted by atomic mass is 10.1. The standard InChI is InChI=1S/C22H34N2O5/c1-16(23-28-15-19(26)14-24-11-9-18(25)10-12-24)17-7-8-21(27-2)22(13-17)29-20-5-3-4-6-20/h7-8,13,18-20,25-26H,3-6,9-12,14-15H2,1-2H3/b23-16-. The molecule has 162 valence electrons. The van der Waals surface area contributed by atoms with Gasteiger partial charge in [0, 0.05) is 25.2 Å². The first-order chi connectivity index (χ1) is 14.0. The van der Waals surface area contributed by atoms with Gasteiger partial charge in [0.1, 0.15) is 12.7 Å². The molecule has 1 aromatic carbocycles. The van der Waals surface area contributed by atoms with Crippen molar-refractivity contribution in [1.29, 1.82) is 0 Å². The molecule has 0 spiro atoms. The van der Waals surface area contributed by atoms with Gasteiger partial charge in [-0.25, -0.2) is 0 Å². The van der Waals surface area contributed by atoms with Gasteiger partial charge < -0.3 is 29.4 Å². The number of piperidine rings is 1. The highest BCUT2D eigenvalue weighted by atomic mass is 16.6. The SMILES string of the molecule is COc1ccc(/C(C)=N\OCC(O)CN2CCC(O)CC2)cc1OC1CCCC1. The number of methoxy groups -OCH3 is 1. The average Bonchev–Trinajstić information content (AvgIpc) is 3.22. The molecule has 1 saturated carbocycles. The Balaban J connectivity index is 1.51. The highest BCUT2D eigenvalue weighted by Gasteiger charge is 2.20. The first-order valence-corrected chi connectivity index (χ1v) is 10.6. The van der Waals surface area contributed by atoms with Gasteiger partial charge in [0.05, 0.1) is 25.0 Å². The summed E-state index contributed by atoms with van der Waals surface area (Å²) in [6.45, 7) is 4.15. The quantitative estimate of drug-likeness (QED) is 0.484. The predicted molar refractivity (Wildman–Crippen MR) is 112 cm³/mol. The van der Waals surface area contributed by atoms with Gasteiger partial charge in [-0.1, -0.05) is 5.16 Å². The van der Waals surface area contributed by atoms with Gasteiger partial charge in [0.2, 0.25) is 0 Å². The van der Waals surface area contributed by atoms with Crippen molar-refractivity contribution in [2.75, 3.05) is 33.4 Å². The lowest BCUT2D eigenvalue weighted by molar-refractivity contribution is 0.00423. The Hall–Kier alpha value is -1.83. The van der Waals surface area contributed by atoms with Crippen LogP contribution in [0, 0.1) is 0 Å². The number of benzene rings is 1. The normalized spacial score (nSPS) is 20.6. The van der Waals surface area contributed by atoms with E-state index in [0.29, 0.717) is 6.54 Å². The molecule has 0 bridgehead atoms. The molecule has 1 heterocycles. The molecule has 2 fully saturated rings. The van der Waals surface area contributed by atoms with Crippen LogP contribution in [0.1, 0.15) is 51.0 Å². The van der Waals surface area contributed by atoms with Crippen molar-refractivity contribution in [2.45, 2.75) is 63.8 Å². The largest absolute Gasteiger partial charge is 0.493 e. The topological polar surface area (TPSA) is 83.8 Å². The van der Waals surface area contributed by atoms with Crippen LogP contribution < -0.4 is 9.47 Å². The zero-order chi connectivity index (χ0) is 20.6. The Bertz CT molecular complexity index is 667. The first kappa shape index (κ1) is 21.9. The van der Waals surface area contributed by atoms with Crippen molar-refractivity contribution >= 4 is 5.71 Å². The van der Waals surface area contributed by atoms with Gasteiger partial charge in [0.15, 0.2) is 11.5 Å². The molecule has 0 aromatic heterocycles. The van der Waals surface area contributed by atoms with Crippen LogP contribution in [0.15, 0.2) is 23.4 Å². The van der Waals surface area contributed by atoms with Crippen LogP contribution in [-0.2, 0) is 4.84 Å². The second-order valence-electron chi connectivity index (χ2n) is 8.05. The second-order valence-corrected chi connectivity index (χ2v) is 8.05. The van der Waals surface area contributed by atoms with Crippen molar-refractivity contribution in [3.8, 4) is 11.5 Å². The molecule has 1 atom stereocenters. The number of oxime groups is 1. The summed E-state index contributed by atoms with van der Waals surface area (Å²) >= 11 is 0. The zero-order valence-electron chi connectivity index (χ0n) is 17.5. The molecule has 7 nitrogen and oxygen atoms in total. The molecule has 1 saturated heterocycles. The Labute approximate surface area is 173 Å². The van der Waals surface area contributed by atoms with E-state index in [-0.39, 0.29) is 18.8 Å². The number of aliphatic hydroxyl groups is 2. The predicted octanol–water partition coefficient (Wildman–Crippen LogP) is 2.57. The van der Waals surface area contributed by atoms with E-state index in [1.165, 1.54) is 12.8 Å². The summed E-state index contributed by atoms with van der Waals surface area (Å²) in [6.07, 6.45) is 5.52. The Kier molecular flexibility index (Phi) is 8.15. The zero-order valence-corrected chi connectivity index (χ0v) is 17.5. The number of ether oxygens (including phenoxy) is 2. The van der Waals surface area contributed by atoms with Crippen LogP contribution >= 0.6 is 0 Å². The van der Waals surface area contributed by atoms with Gasteiger partial charge in [-0.05, 0) is 63.6 Å².